The summed E-state index contributed by atoms with van der Waals surface area (Å²) in [5.74, 6) is -4.50. The summed E-state index contributed by atoms with van der Waals surface area (Å²) in [5, 5.41) is 14.5. The second kappa shape index (κ2) is 23.6. The largest absolute Gasteiger partial charge is 0.481 e. The number of thiazole rings is 1. The van der Waals surface area contributed by atoms with Gasteiger partial charge in [0.2, 0.25) is 5.91 Å². The molecule has 1 fully saturated rings. The van der Waals surface area contributed by atoms with Crippen molar-refractivity contribution in [1.82, 2.24) is 20.1 Å². The van der Waals surface area contributed by atoms with Gasteiger partial charge in [0, 0.05) is 49.6 Å². The quantitative estimate of drug-likeness (QED) is 0.0844. The van der Waals surface area contributed by atoms with Gasteiger partial charge in [-0.05, 0) is 69.5 Å². The molecule has 59 heavy (non-hydrogen) atoms. The van der Waals surface area contributed by atoms with Gasteiger partial charge in [0.1, 0.15) is 10.7 Å². The first-order chi connectivity index (χ1) is 27.8. The molecule has 1 aliphatic rings. The van der Waals surface area contributed by atoms with Crippen molar-refractivity contribution in [2.45, 2.75) is 144 Å². The maximum absolute atomic E-state index is 14.9. The molecule has 1 saturated heterocycles. The minimum atomic E-state index is -0.969. The number of aromatic nitrogens is 1. The number of hydrogen-bond donors (Lipinski definition) is 2. The van der Waals surface area contributed by atoms with E-state index in [9.17, 15) is 33.9 Å². The molecule has 2 N–H and O–H groups in total. The number of carboxylic acids is 1. The topological polar surface area (TPSA) is 173 Å². The molecule has 0 saturated carbocycles. The summed E-state index contributed by atoms with van der Waals surface area (Å²) in [6.45, 7) is 17.0. The number of carbonyl (C=O) groups is 6. The summed E-state index contributed by atoms with van der Waals surface area (Å²) in [5.41, 5.74) is 2.11. The van der Waals surface area contributed by atoms with Crippen LogP contribution in [0.2, 0.25) is 0 Å². The highest BCUT2D eigenvalue weighted by Crippen LogP contribution is 2.34. The number of ether oxygens (including phenoxy) is 2. The molecular weight excluding hydrogens is 773 g/mol. The number of hydrogen-bond acceptors (Lipinski definition) is 11. The van der Waals surface area contributed by atoms with Crippen LogP contribution in [0, 0.1) is 36.5 Å². The van der Waals surface area contributed by atoms with Gasteiger partial charge in [0.05, 0.1) is 12.0 Å². The van der Waals surface area contributed by atoms with Crippen molar-refractivity contribution in [3.05, 3.63) is 51.5 Å². The Labute approximate surface area is 355 Å². The van der Waals surface area contributed by atoms with Gasteiger partial charge in [-0.2, -0.15) is 0 Å². The average Bonchev–Trinajstić information content (AvgIpc) is 3.67. The number of rotatable bonds is 23. The van der Waals surface area contributed by atoms with Crippen molar-refractivity contribution in [2.24, 2.45) is 29.6 Å². The number of Topliss-reactive ketones (excluding diaryl/α,β-unsaturated/α-hetero) is 1. The van der Waals surface area contributed by atoms with E-state index in [-0.39, 0.29) is 73.6 Å². The maximum Gasteiger partial charge on any atom is 0.307 e. The molecule has 1 unspecified atom stereocenters. The van der Waals surface area contributed by atoms with E-state index in [0.29, 0.717) is 17.8 Å². The molecule has 2 heterocycles. The summed E-state index contributed by atoms with van der Waals surface area (Å²) in [7, 11) is 1.95. The standard InChI is InChI=1S/C45H68N4O9S/c1-11-30(7)35(23-39(51)37-14-12-13-19-48(37)10)44(54)49(26-57-41(52)20-27(2)3)38(28(4)5)24-40(58-32(9)50)43-47-36(25-59-43)42(53)46-34(21-31(8)45(55)56)22-33-17-15-29(6)16-18-33/h15-18,25,27-28,30-31,34-35,37-38,40H,11-14,19-24,26H2,1-10H3,(H,46,53)(H,55,56)/t30-,31?,34+,35-,37+,38+,40+/m0/s1. The molecule has 0 radical (unpaired) electrons. The van der Waals surface area contributed by atoms with E-state index in [4.69, 9.17) is 9.47 Å². The smallest absolute Gasteiger partial charge is 0.307 e. The zero-order valence-electron chi connectivity index (χ0n) is 36.8. The molecule has 14 heteroatoms. The van der Waals surface area contributed by atoms with Gasteiger partial charge in [-0.25, -0.2) is 4.98 Å². The maximum atomic E-state index is 14.9. The molecule has 2 aromatic rings. The normalized spacial score (nSPS) is 17.7. The fourth-order valence-corrected chi connectivity index (χ4v) is 8.47. The first kappa shape index (κ1) is 49.2. The summed E-state index contributed by atoms with van der Waals surface area (Å²) in [6.07, 6.45) is 3.31. The minimum absolute atomic E-state index is 0.0219. The van der Waals surface area contributed by atoms with Gasteiger partial charge in [-0.15, -0.1) is 11.3 Å². The van der Waals surface area contributed by atoms with Crippen LogP contribution in [0.25, 0.3) is 0 Å². The van der Waals surface area contributed by atoms with Crippen molar-refractivity contribution in [1.29, 1.82) is 0 Å². The lowest BCUT2D eigenvalue weighted by molar-refractivity contribution is -0.162. The Bertz CT molecular complexity index is 1710. The molecule has 0 spiro atoms. The number of carbonyl (C=O) groups excluding carboxylic acids is 5. The SMILES string of the molecule is CC[C@H](C)[C@H](CC(=O)[C@H]1CCCCN1C)C(=O)N(COC(=O)CC(C)C)[C@H](C[C@@H](OC(C)=O)c1nc(C(=O)N[C@@H](Cc2ccc(C)cc2)CC(C)C(=O)O)cs1)C(C)C. The Balaban J connectivity index is 1.96. The van der Waals surface area contributed by atoms with Crippen LogP contribution in [0.3, 0.4) is 0 Å². The van der Waals surface area contributed by atoms with Crippen LogP contribution >= 0.6 is 11.3 Å². The first-order valence-electron chi connectivity index (χ1n) is 21.2. The number of likely N-dealkylation sites (tertiary alicyclic amines) is 1. The molecule has 0 aliphatic carbocycles. The second-order valence-electron chi connectivity index (χ2n) is 17.3. The summed E-state index contributed by atoms with van der Waals surface area (Å²) < 4.78 is 11.6. The monoisotopic (exact) mass is 840 g/mol. The van der Waals surface area contributed by atoms with Gasteiger partial charge in [-0.3, -0.25) is 33.7 Å². The van der Waals surface area contributed by atoms with Crippen LogP contribution in [-0.2, 0) is 39.9 Å². The highest BCUT2D eigenvalue weighted by atomic mass is 32.1. The minimum Gasteiger partial charge on any atom is -0.481 e. The third-order valence-electron chi connectivity index (χ3n) is 11.4. The third kappa shape index (κ3) is 15.4. The first-order valence-corrected chi connectivity index (χ1v) is 22.1. The zero-order chi connectivity index (χ0) is 44.0. The summed E-state index contributed by atoms with van der Waals surface area (Å²) in [4.78, 5) is 88.0. The van der Waals surface area contributed by atoms with Gasteiger partial charge < -0.3 is 24.8 Å². The van der Waals surface area contributed by atoms with Gasteiger partial charge in [0.25, 0.3) is 5.91 Å². The number of aliphatic carboxylic acids is 1. The lowest BCUT2D eigenvalue weighted by Crippen LogP contribution is -2.50. The van der Waals surface area contributed by atoms with Gasteiger partial charge >= 0.3 is 17.9 Å². The summed E-state index contributed by atoms with van der Waals surface area (Å²) in [6, 6.07) is 6.44. The second-order valence-corrected chi connectivity index (χ2v) is 18.1. The van der Waals surface area contributed by atoms with Crippen LogP contribution < -0.4 is 5.32 Å². The number of ketones is 1. The van der Waals surface area contributed by atoms with Gasteiger partial charge in [-0.1, -0.05) is 91.1 Å². The highest BCUT2D eigenvalue weighted by Gasteiger charge is 2.39. The van der Waals surface area contributed by atoms with E-state index < -0.39 is 53.8 Å². The van der Waals surface area contributed by atoms with Crippen molar-refractivity contribution in [2.75, 3.05) is 20.3 Å². The Morgan fingerprint density at radius 2 is 1.68 bits per heavy atom. The zero-order valence-corrected chi connectivity index (χ0v) is 37.6. The van der Waals surface area contributed by atoms with Crippen LogP contribution in [-0.4, -0.2) is 93.8 Å². The molecule has 13 nitrogen and oxygen atoms in total. The van der Waals surface area contributed by atoms with Crippen molar-refractivity contribution in [3.63, 3.8) is 0 Å². The van der Waals surface area contributed by atoms with Crippen LogP contribution in [0.4, 0.5) is 0 Å². The molecule has 7 atom stereocenters. The number of nitrogens with one attached hydrogen (secondary N) is 1. The number of nitrogens with zero attached hydrogens (tertiary/aromatic N) is 3. The third-order valence-corrected chi connectivity index (χ3v) is 12.3. The average molecular weight is 841 g/mol. The molecular formula is C45H68N4O9S. The predicted molar refractivity (Wildman–Crippen MR) is 228 cm³/mol. The van der Waals surface area contributed by atoms with E-state index in [1.54, 1.807) is 12.3 Å². The molecule has 3 rings (SSSR count). The number of amides is 2. The fraction of sp³-hybridized carbons (Fsp3) is 0.667. The molecule has 1 aromatic carbocycles. The number of carboxylic acid groups (broad SMARTS) is 1. The van der Waals surface area contributed by atoms with E-state index in [2.05, 4.69) is 15.2 Å². The highest BCUT2D eigenvalue weighted by molar-refractivity contribution is 7.09. The fourth-order valence-electron chi connectivity index (χ4n) is 7.63. The predicted octanol–water partition coefficient (Wildman–Crippen LogP) is 7.40. The van der Waals surface area contributed by atoms with Crippen molar-refractivity contribution < 1.29 is 43.3 Å². The van der Waals surface area contributed by atoms with Crippen LogP contribution in [0.5, 0.6) is 0 Å². The number of likely N-dealkylation sites (N-methyl/N-ethyl adjacent to an activating group) is 1. The van der Waals surface area contributed by atoms with Gasteiger partial charge in [0.15, 0.2) is 18.6 Å². The lowest BCUT2D eigenvalue weighted by atomic mass is 9.82. The van der Waals surface area contributed by atoms with E-state index >= 15 is 0 Å². The number of aryl methyl sites for hydroxylation is 1. The Morgan fingerprint density at radius 3 is 2.25 bits per heavy atom. The molecule has 0 bridgehead atoms. The molecule has 1 aromatic heterocycles. The molecule has 1 aliphatic heterocycles. The number of benzene rings is 1. The number of piperidine rings is 1. The van der Waals surface area contributed by atoms with Crippen molar-refractivity contribution >= 4 is 46.8 Å². The van der Waals surface area contributed by atoms with E-state index in [1.807, 2.05) is 79.8 Å². The Morgan fingerprint density at radius 1 is 1.00 bits per heavy atom. The summed E-state index contributed by atoms with van der Waals surface area (Å²) >= 11 is 1.14. The van der Waals surface area contributed by atoms with Crippen LogP contribution in [0.1, 0.15) is 139 Å². The Hall–Kier alpha value is -4.17. The van der Waals surface area contributed by atoms with E-state index in [1.165, 1.54) is 11.8 Å². The number of esters is 2. The Kier molecular flexibility index (Phi) is 19.7. The lowest BCUT2D eigenvalue weighted by Gasteiger charge is -2.39. The molecule has 2 amide bonds. The van der Waals surface area contributed by atoms with E-state index in [0.717, 1.165) is 48.3 Å². The molecule has 328 valence electrons. The van der Waals surface area contributed by atoms with Crippen molar-refractivity contribution in [3.8, 4) is 0 Å². The van der Waals surface area contributed by atoms with Crippen LogP contribution in [0.15, 0.2) is 29.6 Å².